The van der Waals surface area contributed by atoms with Crippen molar-refractivity contribution in [3.8, 4) is 0 Å². The van der Waals surface area contributed by atoms with Crippen LogP contribution < -0.4 is 5.32 Å². The second kappa shape index (κ2) is 4.26. The molecule has 0 aromatic heterocycles. The fraction of sp³-hybridized carbons (Fsp3) is 0.200. The zero-order valence-corrected chi connectivity index (χ0v) is 8.33. The Bertz CT molecular complexity index is 416. The molecule has 1 aromatic rings. The minimum absolute atomic E-state index is 0.164. The third-order valence-electron chi connectivity index (χ3n) is 2.22. The largest absolute Gasteiger partial charge is 0.479 e. The topological polar surface area (TPSA) is 66.4 Å². The quantitative estimate of drug-likeness (QED) is 0.757. The molecule has 1 atom stereocenters. The van der Waals surface area contributed by atoms with Crippen LogP contribution in [0.5, 0.6) is 0 Å². The van der Waals surface area contributed by atoms with Gasteiger partial charge in [0.2, 0.25) is 6.41 Å². The molecule has 0 fully saturated rings. The van der Waals surface area contributed by atoms with Crippen LogP contribution in [-0.2, 0) is 15.1 Å². The lowest BCUT2D eigenvalue weighted by Gasteiger charge is -2.24. The van der Waals surface area contributed by atoms with Gasteiger partial charge in [0.1, 0.15) is 11.6 Å². The number of nitrogens with one attached hydrogen (secondary N) is 1. The first-order valence-electron chi connectivity index (χ1n) is 4.31. The smallest absolute Gasteiger partial charge is 0.333 e. The molecular weight excluding hydrogens is 220 g/mol. The highest BCUT2D eigenvalue weighted by Gasteiger charge is 2.35. The van der Waals surface area contributed by atoms with Crippen molar-refractivity contribution in [2.75, 3.05) is 0 Å². The normalized spacial score (nSPS) is 13.9. The van der Waals surface area contributed by atoms with Crippen LogP contribution >= 0.6 is 0 Å². The van der Waals surface area contributed by atoms with Crippen molar-refractivity contribution in [1.82, 2.24) is 5.32 Å². The minimum Gasteiger partial charge on any atom is -0.479 e. The molecule has 1 rings (SSSR count). The van der Waals surface area contributed by atoms with Crippen molar-refractivity contribution >= 4 is 12.4 Å². The lowest BCUT2D eigenvalue weighted by atomic mass is 9.92. The number of amides is 1. The summed E-state index contributed by atoms with van der Waals surface area (Å²) in [5.41, 5.74) is -2.03. The molecule has 0 radical (unpaired) electrons. The maximum Gasteiger partial charge on any atom is 0.333 e. The van der Waals surface area contributed by atoms with Gasteiger partial charge in [0, 0.05) is 6.07 Å². The molecule has 16 heavy (non-hydrogen) atoms. The number of carboxylic acids is 1. The van der Waals surface area contributed by atoms with E-state index in [1.54, 1.807) is 0 Å². The summed E-state index contributed by atoms with van der Waals surface area (Å²) in [7, 11) is 0. The van der Waals surface area contributed by atoms with E-state index in [1.807, 2.05) is 5.32 Å². The van der Waals surface area contributed by atoms with Gasteiger partial charge in [-0.05, 0) is 24.6 Å². The Morgan fingerprint density at radius 2 is 1.88 bits per heavy atom. The number of carbonyl (C=O) groups excluding carboxylic acids is 1. The monoisotopic (exact) mass is 229 g/mol. The summed E-state index contributed by atoms with van der Waals surface area (Å²) in [6.07, 6.45) is 0.164. The number of aliphatic carboxylic acids is 1. The average molecular weight is 229 g/mol. The molecule has 1 amide bonds. The van der Waals surface area contributed by atoms with E-state index >= 15 is 0 Å². The predicted molar refractivity (Wildman–Crippen MR) is 50.5 cm³/mol. The maximum atomic E-state index is 12.9. The third-order valence-corrected chi connectivity index (χ3v) is 2.22. The van der Waals surface area contributed by atoms with Crippen LogP contribution in [-0.4, -0.2) is 17.5 Å². The summed E-state index contributed by atoms with van der Waals surface area (Å²) >= 11 is 0. The highest BCUT2D eigenvalue weighted by molar-refractivity contribution is 5.82. The molecule has 1 unspecified atom stereocenters. The van der Waals surface area contributed by atoms with E-state index in [2.05, 4.69) is 0 Å². The van der Waals surface area contributed by atoms with Gasteiger partial charge in [-0.25, -0.2) is 13.6 Å². The van der Waals surface area contributed by atoms with E-state index in [4.69, 9.17) is 5.11 Å². The molecule has 0 aliphatic heterocycles. The molecule has 0 heterocycles. The van der Waals surface area contributed by atoms with Crippen LogP contribution in [0.15, 0.2) is 18.2 Å². The van der Waals surface area contributed by atoms with Gasteiger partial charge < -0.3 is 10.4 Å². The number of carbonyl (C=O) groups is 2. The second-order valence-electron chi connectivity index (χ2n) is 3.35. The molecule has 6 heteroatoms. The van der Waals surface area contributed by atoms with Crippen molar-refractivity contribution in [2.24, 2.45) is 0 Å². The summed E-state index contributed by atoms with van der Waals surface area (Å²) in [4.78, 5) is 21.3. The van der Waals surface area contributed by atoms with Gasteiger partial charge in [0.25, 0.3) is 0 Å². The predicted octanol–water partition coefficient (Wildman–Crippen LogP) is 1.01. The Morgan fingerprint density at radius 3 is 2.25 bits per heavy atom. The molecular formula is C10H9F2NO3. The van der Waals surface area contributed by atoms with Gasteiger partial charge in [0.05, 0.1) is 0 Å². The molecule has 0 saturated carbocycles. The molecule has 0 aliphatic rings. The Labute approximate surface area is 89.9 Å². The second-order valence-corrected chi connectivity index (χ2v) is 3.35. The Hall–Kier alpha value is -1.98. The van der Waals surface area contributed by atoms with Crippen molar-refractivity contribution in [2.45, 2.75) is 12.5 Å². The molecule has 2 N–H and O–H groups in total. The SMILES string of the molecule is CC(NC=O)(C(=O)O)c1cc(F)cc(F)c1. The molecule has 0 bridgehead atoms. The molecule has 4 nitrogen and oxygen atoms in total. The molecule has 1 aromatic carbocycles. The average Bonchev–Trinajstić information content (AvgIpc) is 2.16. The van der Waals surface area contributed by atoms with Crippen molar-refractivity contribution in [3.05, 3.63) is 35.4 Å². The lowest BCUT2D eigenvalue weighted by Crippen LogP contribution is -2.46. The number of benzene rings is 1. The fourth-order valence-corrected chi connectivity index (χ4v) is 1.23. The van der Waals surface area contributed by atoms with Crippen LogP contribution in [0, 0.1) is 11.6 Å². The first-order chi connectivity index (χ1) is 7.40. The number of carboxylic acid groups (broad SMARTS) is 1. The zero-order valence-electron chi connectivity index (χ0n) is 8.33. The summed E-state index contributed by atoms with van der Waals surface area (Å²) in [5.74, 6) is -3.23. The fourth-order valence-electron chi connectivity index (χ4n) is 1.23. The van der Waals surface area contributed by atoms with Gasteiger partial charge in [-0.15, -0.1) is 0 Å². The van der Waals surface area contributed by atoms with Crippen LogP contribution in [0.4, 0.5) is 8.78 Å². The minimum atomic E-state index is -1.86. The van der Waals surface area contributed by atoms with Crippen LogP contribution in [0.2, 0.25) is 0 Å². The standard InChI is InChI=1S/C10H9F2NO3/c1-10(9(15)16,13-5-14)6-2-7(11)4-8(12)3-6/h2-5H,1H3,(H,13,14)(H,15,16). The summed E-state index contributed by atoms with van der Waals surface area (Å²) in [6.45, 7) is 1.14. The van der Waals surface area contributed by atoms with Gasteiger partial charge in [-0.1, -0.05) is 0 Å². The Morgan fingerprint density at radius 1 is 1.38 bits per heavy atom. The van der Waals surface area contributed by atoms with Gasteiger partial charge in [-0.3, -0.25) is 4.79 Å². The summed E-state index contributed by atoms with van der Waals surface area (Å²) in [5, 5.41) is 10.9. The first-order valence-corrected chi connectivity index (χ1v) is 4.31. The molecule has 86 valence electrons. The van der Waals surface area contributed by atoms with Crippen LogP contribution in [0.25, 0.3) is 0 Å². The lowest BCUT2D eigenvalue weighted by molar-refractivity contribution is -0.145. The number of halogens is 2. The molecule has 0 saturated heterocycles. The van der Waals surface area contributed by atoms with E-state index in [1.165, 1.54) is 0 Å². The number of rotatable bonds is 4. The van der Waals surface area contributed by atoms with Crippen LogP contribution in [0.3, 0.4) is 0 Å². The number of hydrogen-bond donors (Lipinski definition) is 2. The van der Waals surface area contributed by atoms with Crippen molar-refractivity contribution in [3.63, 3.8) is 0 Å². The van der Waals surface area contributed by atoms with Crippen molar-refractivity contribution in [1.29, 1.82) is 0 Å². The molecule has 0 aliphatic carbocycles. The van der Waals surface area contributed by atoms with Crippen molar-refractivity contribution < 1.29 is 23.5 Å². The van der Waals surface area contributed by atoms with Gasteiger partial charge in [0.15, 0.2) is 5.54 Å². The Kier molecular flexibility index (Phi) is 3.22. The summed E-state index contributed by atoms with van der Waals surface area (Å²) in [6, 6.07) is 2.33. The van der Waals surface area contributed by atoms with E-state index in [0.717, 1.165) is 19.1 Å². The first kappa shape index (κ1) is 12.1. The van der Waals surface area contributed by atoms with E-state index in [-0.39, 0.29) is 12.0 Å². The van der Waals surface area contributed by atoms with Crippen LogP contribution in [0.1, 0.15) is 12.5 Å². The van der Waals surface area contributed by atoms with Gasteiger partial charge in [-0.2, -0.15) is 0 Å². The summed E-state index contributed by atoms with van der Waals surface area (Å²) < 4.78 is 25.8. The maximum absolute atomic E-state index is 12.9. The number of hydrogen-bond acceptors (Lipinski definition) is 2. The van der Waals surface area contributed by atoms with E-state index in [0.29, 0.717) is 6.07 Å². The zero-order chi connectivity index (χ0) is 12.3. The highest BCUT2D eigenvalue weighted by atomic mass is 19.1. The van der Waals surface area contributed by atoms with E-state index < -0.39 is 23.1 Å². The van der Waals surface area contributed by atoms with Gasteiger partial charge >= 0.3 is 5.97 Å². The molecule has 0 spiro atoms. The third kappa shape index (κ3) is 2.16. The Balaban J connectivity index is 3.31. The van der Waals surface area contributed by atoms with E-state index in [9.17, 15) is 18.4 Å². The highest BCUT2D eigenvalue weighted by Crippen LogP contribution is 2.22.